The number of nitrogens with zero attached hydrogens (tertiary/aromatic N) is 4. The number of imidazole rings is 2. The fraction of sp³-hybridized carbons (Fsp3) is 0.667. The molecule has 0 bridgehead atoms. The Kier molecular flexibility index (Phi) is 7.78. The number of aromatic nitrogens is 4. The predicted octanol–water partition coefficient (Wildman–Crippen LogP) is 4.85. The first kappa shape index (κ1) is 16.8. The van der Waals surface area contributed by atoms with Crippen molar-refractivity contribution >= 4 is 0 Å². The molecule has 2 heterocycles. The summed E-state index contributed by atoms with van der Waals surface area (Å²) in [5.74, 6) is 0. The molecule has 0 aliphatic rings. The predicted molar refractivity (Wildman–Crippen MR) is 90.7 cm³/mol. The van der Waals surface area contributed by atoms with Crippen LogP contribution in [0, 0.1) is 0 Å². The first-order valence-corrected chi connectivity index (χ1v) is 8.83. The van der Waals surface area contributed by atoms with Crippen LogP contribution in [0.15, 0.2) is 37.4 Å². The van der Waals surface area contributed by atoms with Gasteiger partial charge in [0.15, 0.2) is 0 Å². The molecule has 0 aliphatic carbocycles. The minimum absolute atomic E-state index is 0.483. The van der Waals surface area contributed by atoms with Crippen LogP contribution in [0.25, 0.3) is 0 Å². The van der Waals surface area contributed by atoms with Crippen LogP contribution in [0.3, 0.4) is 0 Å². The zero-order chi connectivity index (χ0) is 15.5. The Hall–Kier alpha value is -1.58. The van der Waals surface area contributed by atoms with Gasteiger partial charge >= 0.3 is 0 Å². The van der Waals surface area contributed by atoms with Crippen molar-refractivity contribution in [1.29, 1.82) is 0 Å². The molecule has 4 nitrogen and oxygen atoms in total. The van der Waals surface area contributed by atoms with E-state index < -0.39 is 0 Å². The minimum atomic E-state index is 0.483. The molecule has 22 heavy (non-hydrogen) atoms. The van der Waals surface area contributed by atoms with Crippen LogP contribution in [0.4, 0.5) is 0 Å². The Balaban J connectivity index is 1.67. The van der Waals surface area contributed by atoms with Crippen LogP contribution in [-0.4, -0.2) is 19.1 Å². The summed E-state index contributed by atoms with van der Waals surface area (Å²) < 4.78 is 4.40. The SMILES string of the molecule is CCCCCCCCCCC(Cn1ccnc1)n1ccnc1. The summed E-state index contributed by atoms with van der Waals surface area (Å²) in [6, 6.07) is 0.483. The van der Waals surface area contributed by atoms with Crippen molar-refractivity contribution in [2.24, 2.45) is 0 Å². The van der Waals surface area contributed by atoms with Gasteiger partial charge in [0.05, 0.1) is 18.7 Å². The maximum absolute atomic E-state index is 4.20. The maximum Gasteiger partial charge on any atom is 0.0949 e. The van der Waals surface area contributed by atoms with E-state index >= 15 is 0 Å². The summed E-state index contributed by atoms with van der Waals surface area (Å²) in [4.78, 5) is 8.34. The van der Waals surface area contributed by atoms with E-state index in [0.717, 1.165) is 6.54 Å². The third kappa shape index (κ3) is 6.04. The second kappa shape index (κ2) is 10.2. The molecule has 122 valence electrons. The molecule has 0 aromatic carbocycles. The topological polar surface area (TPSA) is 35.6 Å². The van der Waals surface area contributed by atoms with Gasteiger partial charge in [-0.15, -0.1) is 0 Å². The van der Waals surface area contributed by atoms with Crippen LogP contribution in [-0.2, 0) is 6.54 Å². The summed E-state index contributed by atoms with van der Waals surface area (Å²) in [6.07, 6.45) is 23.9. The third-order valence-corrected chi connectivity index (χ3v) is 4.32. The molecule has 1 unspecified atom stereocenters. The lowest BCUT2D eigenvalue weighted by Gasteiger charge is -2.19. The monoisotopic (exact) mass is 302 g/mol. The largest absolute Gasteiger partial charge is 0.335 e. The molecule has 1 atom stereocenters. The molecule has 0 amide bonds. The second-order valence-corrected chi connectivity index (χ2v) is 6.19. The van der Waals surface area contributed by atoms with Gasteiger partial charge in [-0.2, -0.15) is 0 Å². The number of hydrogen-bond donors (Lipinski definition) is 0. The fourth-order valence-electron chi connectivity index (χ4n) is 2.97. The molecular weight excluding hydrogens is 272 g/mol. The highest BCUT2D eigenvalue weighted by molar-refractivity contribution is 4.83. The number of hydrogen-bond acceptors (Lipinski definition) is 2. The van der Waals surface area contributed by atoms with Crippen molar-refractivity contribution in [2.75, 3.05) is 0 Å². The summed E-state index contributed by atoms with van der Waals surface area (Å²) in [7, 11) is 0. The summed E-state index contributed by atoms with van der Waals surface area (Å²) in [5.41, 5.74) is 0. The quantitative estimate of drug-likeness (QED) is 0.525. The molecule has 0 fully saturated rings. The molecule has 0 spiro atoms. The average Bonchev–Trinajstić information content (AvgIpc) is 3.21. The van der Waals surface area contributed by atoms with Crippen molar-refractivity contribution in [2.45, 2.75) is 77.3 Å². The minimum Gasteiger partial charge on any atom is -0.335 e. The first-order chi connectivity index (χ1) is 10.9. The summed E-state index contributed by atoms with van der Waals surface area (Å²) in [5, 5.41) is 0. The van der Waals surface area contributed by atoms with Crippen molar-refractivity contribution in [3.8, 4) is 0 Å². The molecule has 0 aliphatic heterocycles. The van der Waals surface area contributed by atoms with Gasteiger partial charge in [-0.05, 0) is 6.42 Å². The Labute approximate surface area is 134 Å². The van der Waals surface area contributed by atoms with E-state index in [4.69, 9.17) is 0 Å². The molecule has 2 rings (SSSR count). The Morgan fingerprint density at radius 2 is 1.50 bits per heavy atom. The number of rotatable bonds is 12. The summed E-state index contributed by atoms with van der Waals surface area (Å²) in [6.45, 7) is 3.25. The van der Waals surface area contributed by atoms with Crippen LogP contribution < -0.4 is 0 Å². The first-order valence-electron chi connectivity index (χ1n) is 8.83. The van der Waals surface area contributed by atoms with E-state index in [9.17, 15) is 0 Å². The highest BCUT2D eigenvalue weighted by Crippen LogP contribution is 2.19. The average molecular weight is 302 g/mol. The van der Waals surface area contributed by atoms with Gasteiger partial charge in [0.2, 0.25) is 0 Å². The molecular formula is C18H30N4. The normalized spacial score (nSPS) is 12.6. The van der Waals surface area contributed by atoms with E-state index in [0.29, 0.717) is 6.04 Å². The zero-order valence-electron chi connectivity index (χ0n) is 13.9. The number of unbranched alkanes of at least 4 members (excludes halogenated alkanes) is 7. The van der Waals surface area contributed by atoms with E-state index in [1.807, 2.05) is 31.2 Å². The maximum atomic E-state index is 4.20. The summed E-state index contributed by atoms with van der Waals surface area (Å²) >= 11 is 0. The zero-order valence-corrected chi connectivity index (χ0v) is 13.9. The third-order valence-electron chi connectivity index (χ3n) is 4.32. The van der Waals surface area contributed by atoms with Crippen LogP contribution >= 0.6 is 0 Å². The van der Waals surface area contributed by atoms with E-state index in [-0.39, 0.29) is 0 Å². The lowest BCUT2D eigenvalue weighted by atomic mass is 10.0. The van der Waals surface area contributed by atoms with Gasteiger partial charge in [0.25, 0.3) is 0 Å². The van der Waals surface area contributed by atoms with Crippen LogP contribution in [0.1, 0.15) is 70.8 Å². The second-order valence-electron chi connectivity index (χ2n) is 6.19. The lowest BCUT2D eigenvalue weighted by molar-refractivity contribution is 0.385. The van der Waals surface area contributed by atoms with E-state index in [1.54, 1.807) is 0 Å². The van der Waals surface area contributed by atoms with Gasteiger partial charge in [-0.1, -0.05) is 58.3 Å². The Morgan fingerprint density at radius 3 is 2.14 bits per heavy atom. The Bertz CT molecular complexity index is 461. The van der Waals surface area contributed by atoms with Gasteiger partial charge in [-0.25, -0.2) is 9.97 Å². The molecule has 0 saturated heterocycles. The standard InChI is InChI=1S/C18H30N4/c1-2-3-4-5-6-7-8-9-10-18(22-14-12-20-17-22)15-21-13-11-19-16-21/h11-14,16-18H,2-10,15H2,1H3. The fourth-order valence-corrected chi connectivity index (χ4v) is 2.97. The highest BCUT2D eigenvalue weighted by atomic mass is 15.1. The lowest BCUT2D eigenvalue weighted by Crippen LogP contribution is -2.14. The van der Waals surface area contributed by atoms with Gasteiger partial charge in [0, 0.05) is 31.3 Å². The Morgan fingerprint density at radius 1 is 0.818 bits per heavy atom. The molecule has 4 heteroatoms. The highest BCUT2D eigenvalue weighted by Gasteiger charge is 2.10. The van der Waals surface area contributed by atoms with Gasteiger partial charge < -0.3 is 9.13 Å². The van der Waals surface area contributed by atoms with Crippen molar-refractivity contribution < 1.29 is 0 Å². The molecule has 0 saturated carbocycles. The van der Waals surface area contributed by atoms with E-state index in [2.05, 4.69) is 32.2 Å². The molecule has 0 radical (unpaired) electrons. The van der Waals surface area contributed by atoms with E-state index in [1.165, 1.54) is 57.8 Å². The smallest absolute Gasteiger partial charge is 0.0949 e. The van der Waals surface area contributed by atoms with Crippen molar-refractivity contribution in [1.82, 2.24) is 19.1 Å². The van der Waals surface area contributed by atoms with Crippen LogP contribution in [0.2, 0.25) is 0 Å². The molecule has 0 N–H and O–H groups in total. The van der Waals surface area contributed by atoms with Crippen LogP contribution in [0.5, 0.6) is 0 Å². The van der Waals surface area contributed by atoms with Gasteiger partial charge in [-0.3, -0.25) is 0 Å². The molecule has 2 aromatic heterocycles. The van der Waals surface area contributed by atoms with Crippen molar-refractivity contribution in [3.63, 3.8) is 0 Å². The molecule has 2 aromatic rings. The van der Waals surface area contributed by atoms with Gasteiger partial charge in [0.1, 0.15) is 0 Å². The van der Waals surface area contributed by atoms with Crippen molar-refractivity contribution in [3.05, 3.63) is 37.4 Å².